The van der Waals surface area contributed by atoms with E-state index in [1.165, 1.54) is 6.42 Å². The number of nitrogens with zero attached hydrogens (tertiary/aromatic N) is 3. The van der Waals surface area contributed by atoms with Gasteiger partial charge >= 0.3 is 0 Å². The van der Waals surface area contributed by atoms with Gasteiger partial charge in [-0.3, -0.25) is 14.9 Å². The number of halogens is 1. The van der Waals surface area contributed by atoms with Crippen LogP contribution in [-0.4, -0.2) is 46.9 Å². The second kappa shape index (κ2) is 6.82. The van der Waals surface area contributed by atoms with Gasteiger partial charge in [-0.1, -0.05) is 18.0 Å². The highest BCUT2D eigenvalue weighted by atomic mass is 35.5. The number of pyridine rings is 1. The molecule has 1 aliphatic rings. The maximum Gasteiger partial charge on any atom is 0.288 e. The van der Waals surface area contributed by atoms with E-state index in [0.717, 1.165) is 31.6 Å². The molecular formula is C13H17ClN4O3. The van der Waals surface area contributed by atoms with Crippen LogP contribution in [0.3, 0.4) is 0 Å². The Morgan fingerprint density at radius 3 is 3.05 bits per heavy atom. The van der Waals surface area contributed by atoms with Crippen LogP contribution in [0.2, 0.25) is 5.15 Å². The van der Waals surface area contributed by atoms with E-state index < -0.39 is 10.8 Å². The largest absolute Gasteiger partial charge is 0.350 e. The van der Waals surface area contributed by atoms with Crippen molar-refractivity contribution in [1.82, 2.24) is 15.2 Å². The minimum atomic E-state index is -0.602. The lowest BCUT2D eigenvalue weighted by Gasteiger charge is -2.32. The van der Waals surface area contributed by atoms with Gasteiger partial charge in [0.05, 0.1) is 10.5 Å². The summed E-state index contributed by atoms with van der Waals surface area (Å²) >= 11 is 5.84. The van der Waals surface area contributed by atoms with Crippen molar-refractivity contribution in [3.8, 4) is 0 Å². The van der Waals surface area contributed by atoms with Gasteiger partial charge in [-0.05, 0) is 26.4 Å². The number of carbonyl (C=O) groups is 1. The highest BCUT2D eigenvalue weighted by molar-refractivity contribution is 6.32. The quantitative estimate of drug-likeness (QED) is 0.521. The molecular weight excluding hydrogens is 296 g/mol. The Morgan fingerprint density at radius 1 is 1.62 bits per heavy atom. The van der Waals surface area contributed by atoms with Crippen LogP contribution in [0.1, 0.15) is 29.6 Å². The van der Waals surface area contributed by atoms with Crippen molar-refractivity contribution in [2.75, 3.05) is 20.1 Å². The van der Waals surface area contributed by atoms with Gasteiger partial charge in [-0.25, -0.2) is 4.98 Å². The molecule has 1 atom stereocenters. The number of likely N-dealkylation sites (N-methyl/N-ethyl adjacent to an activating group) is 1. The van der Waals surface area contributed by atoms with E-state index in [0.29, 0.717) is 6.54 Å². The molecule has 2 rings (SSSR count). The van der Waals surface area contributed by atoms with E-state index in [1.54, 1.807) is 0 Å². The molecule has 1 aromatic heterocycles. The van der Waals surface area contributed by atoms with Gasteiger partial charge in [0.25, 0.3) is 11.6 Å². The van der Waals surface area contributed by atoms with E-state index in [4.69, 9.17) is 11.6 Å². The third-order valence-corrected chi connectivity index (χ3v) is 4.00. The number of rotatable bonds is 4. The Kier molecular flexibility index (Phi) is 5.08. The summed E-state index contributed by atoms with van der Waals surface area (Å²) in [4.78, 5) is 28.1. The van der Waals surface area contributed by atoms with Crippen molar-refractivity contribution in [3.05, 3.63) is 33.1 Å². The van der Waals surface area contributed by atoms with Gasteiger partial charge in [-0.15, -0.1) is 0 Å². The highest BCUT2D eigenvalue weighted by Crippen LogP contribution is 2.19. The number of likely N-dealkylation sites (tertiary alicyclic amines) is 1. The van der Waals surface area contributed by atoms with Gasteiger partial charge in [0.15, 0.2) is 0 Å². The number of nitro groups is 1. The standard InChI is InChI=1S/C13H17ClN4O3/c1-17-5-3-2-4-9(17)7-16-13(19)11-6-10(18(20)21)8-15-12(11)14/h6,8-9H,2-5,7H2,1H3,(H,16,19). The molecule has 0 saturated carbocycles. The average molecular weight is 313 g/mol. The predicted octanol–water partition coefficient (Wildman–Crippen LogP) is 1.86. The summed E-state index contributed by atoms with van der Waals surface area (Å²) < 4.78 is 0. The first-order valence-electron chi connectivity index (χ1n) is 6.77. The summed E-state index contributed by atoms with van der Waals surface area (Å²) in [6.07, 6.45) is 4.37. The Labute approximate surface area is 127 Å². The van der Waals surface area contributed by atoms with Crippen molar-refractivity contribution in [3.63, 3.8) is 0 Å². The lowest BCUT2D eigenvalue weighted by molar-refractivity contribution is -0.385. The summed E-state index contributed by atoms with van der Waals surface area (Å²) in [6, 6.07) is 1.43. The molecule has 1 fully saturated rings. The van der Waals surface area contributed by atoms with Gasteiger partial charge in [0.1, 0.15) is 11.3 Å². The minimum Gasteiger partial charge on any atom is -0.350 e. The highest BCUT2D eigenvalue weighted by Gasteiger charge is 2.21. The normalized spacial score (nSPS) is 19.2. The first-order valence-corrected chi connectivity index (χ1v) is 7.15. The summed E-state index contributed by atoms with van der Waals surface area (Å²) in [5.74, 6) is -0.435. The number of nitrogens with one attached hydrogen (secondary N) is 1. The molecule has 8 heteroatoms. The molecule has 1 amide bonds. The lowest BCUT2D eigenvalue weighted by Crippen LogP contribution is -2.44. The molecule has 1 unspecified atom stereocenters. The fourth-order valence-corrected chi connectivity index (χ4v) is 2.59. The summed E-state index contributed by atoms with van der Waals surface area (Å²) in [5.41, 5.74) is -0.219. The summed E-state index contributed by atoms with van der Waals surface area (Å²) in [7, 11) is 2.03. The van der Waals surface area contributed by atoms with E-state index in [-0.39, 0.29) is 22.4 Å². The van der Waals surface area contributed by atoms with Crippen LogP contribution >= 0.6 is 11.6 Å². The third kappa shape index (κ3) is 3.89. The molecule has 1 saturated heterocycles. The molecule has 1 aliphatic heterocycles. The zero-order valence-corrected chi connectivity index (χ0v) is 12.5. The van der Waals surface area contributed by atoms with Crippen LogP contribution in [0.25, 0.3) is 0 Å². The number of aromatic nitrogens is 1. The Bertz CT molecular complexity index is 552. The topological polar surface area (TPSA) is 88.4 Å². The summed E-state index contributed by atoms with van der Waals surface area (Å²) in [5, 5.41) is 13.5. The maximum atomic E-state index is 12.1. The molecule has 0 aromatic carbocycles. The van der Waals surface area contributed by atoms with Gasteiger partial charge in [0, 0.05) is 18.7 Å². The van der Waals surface area contributed by atoms with Gasteiger partial charge < -0.3 is 10.2 Å². The molecule has 1 N–H and O–H groups in total. The number of hydrogen-bond acceptors (Lipinski definition) is 5. The van der Waals surface area contributed by atoms with Gasteiger partial charge in [0.2, 0.25) is 0 Å². The van der Waals surface area contributed by atoms with Crippen molar-refractivity contribution < 1.29 is 9.72 Å². The zero-order chi connectivity index (χ0) is 15.4. The second-order valence-electron chi connectivity index (χ2n) is 5.13. The van der Waals surface area contributed by atoms with E-state index in [9.17, 15) is 14.9 Å². The monoisotopic (exact) mass is 312 g/mol. The van der Waals surface area contributed by atoms with Crippen molar-refractivity contribution >= 4 is 23.2 Å². The van der Waals surface area contributed by atoms with Crippen LogP contribution in [0.5, 0.6) is 0 Å². The van der Waals surface area contributed by atoms with E-state index in [2.05, 4.69) is 15.2 Å². The second-order valence-corrected chi connectivity index (χ2v) is 5.49. The van der Waals surface area contributed by atoms with E-state index >= 15 is 0 Å². The Balaban J connectivity index is 2.02. The molecule has 7 nitrogen and oxygen atoms in total. The molecule has 0 aliphatic carbocycles. The van der Waals surface area contributed by atoms with Crippen molar-refractivity contribution in [2.24, 2.45) is 0 Å². The molecule has 21 heavy (non-hydrogen) atoms. The van der Waals surface area contributed by atoms with Crippen LogP contribution in [0.15, 0.2) is 12.3 Å². The van der Waals surface area contributed by atoms with E-state index in [1.807, 2.05) is 7.05 Å². The summed E-state index contributed by atoms with van der Waals surface area (Å²) in [6.45, 7) is 1.51. The molecule has 0 spiro atoms. The van der Waals surface area contributed by atoms with Gasteiger partial charge in [-0.2, -0.15) is 0 Å². The van der Waals surface area contributed by atoms with Crippen molar-refractivity contribution in [1.29, 1.82) is 0 Å². The lowest BCUT2D eigenvalue weighted by atomic mass is 10.0. The Hall–Kier alpha value is -1.73. The minimum absolute atomic E-state index is 0.0318. The number of hydrogen-bond donors (Lipinski definition) is 1. The first kappa shape index (κ1) is 15.7. The average Bonchev–Trinajstić information content (AvgIpc) is 2.46. The smallest absolute Gasteiger partial charge is 0.288 e. The van der Waals surface area contributed by atoms with Crippen molar-refractivity contribution in [2.45, 2.75) is 25.3 Å². The number of carbonyl (C=O) groups excluding carboxylic acids is 1. The molecule has 114 valence electrons. The fraction of sp³-hybridized carbons (Fsp3) is 0.538. The first-order chi connectivity index (χ1) is 9.99. The van der Waals surface area contributed by atoms with Crippen LogP contribution in [-0.2, 0) is 0 Å². The van der Waals surface area contributed by atoms with Crippen LogP contribution in [0.4, 0.5) is 5.69 Å². The van der Waals surface area contributed by atoms with Crippen LogP contribution < -0.4 is 5.32 Å². The molecule has 0 radical (unpaired) electrons. The molecule has 2 heterocycles. The van der Waals surface area contributed by atoms with Crippen LogP contribution in [0, 0.1) is 10.1 Å². The molecule has 0 bridgehead atoms. The number of piperidine rings is 1. The Morgan fingerprint density at radius 2 is 2.38 bits per heavy atom. The maximum absolute atomic E-state index is 12.1. The SMILES string of the molecule is CN1CCCCC1CNC(=O)c1cc([N+](=O)[O-])cnc1Cl. The predicted molar refractivity (Wildman–Crippen MR) is 78.5 cm³/mol. The third-order valence-electron chi connectivity index (χ3n) is 3.70. The fourth-order valence-electron chi connectivity index (χ4n) is 2.40. The zero-order valence-electron chi connectivity index (χ0n) is 11.7. The number of amides is 1. The molecule has 1 aromatic rings.